The molecule has 4 N–H and O–H groups in total. The zero-order valence-corrected chi connectivity index (χ0v) is 16.8. The van der Waals surface area contributed by atoms with Crippen LogP contribution in [0.3, 0.4) is 0 Å². The second-order valence-corrected chi connectivity index (χ2v) is 7.18. The summed E-state index contributed by atoms with van der Waals surface area (Å²) in [5, 5.41) is 5.66. The Bertz CT molecular complexity index is 815. The van der Waals surface area contributed by atoms with E-state index >= 15 is 0 Å². The number of hydrogen-bond acceptors (Lipinski definition) is 4. The molecule has 2 aromatic rings. The van der Waals surface area contributed by atoms with Crippen LogP contribution in [-0.2, 0) is 4.79 Å². The summed E-state index contributed by atoms with van der Waals surface area (Å²) >= 11 is 0. The van der Waals surface area contributed by atoms with E-state index in [1.165, 1.54) is 0 Å². The van der Waals surface area contributed by atoms with Crippen molar-refractivity contribution in [2.24, 2.45) is 23.5 Å². The van der Waals surface area contributed by atoms with Gasteiger partial charge in [-0.2, -0.15) is 0 Å². The molecule has 8 heteroatoms. The van der Waals surface area contributed by atoms with E-state index in [2.05, 4.69) is 15.6 Å². The van der Waals surface area contributed by atoms with Crippen LogP contribution in [0.5, 0.6) is 0 Å². The maximum absolute atomic E-state index is 12.6. The van der Waals surface area contributed by atoms with Crippen molar-refractivity contribution in [2.45, 2.75) is 25.3 Å². The Balaban J connectivity index is 0.00000140. The first-order chi connectivity index (χ1) is 12.6. The van der Waals surface area contributed by atoms with Gasteiger partial charge < -0.3 is 16.4 Å². The van der Waals surface area contributed by atoms with E-state index in [1.54, 1.807) is 42.6 Å². The summed E-state index contributed by atoms with van der Waals surface area (Å²) in [5.41, 5.74) is 7.41. The standard InChI is InChI=1S/C20H22N4O2.2ClH/c21-18-14-7-6-13(10-14)17(18)20(26)23-15-8-9-16(22-11-15)24-19(25)12-4-2-1-3-5-12;;/h1-5,8-9,11,13-14,17-18H,6-7,10,21H2,(H,23,26)(H,22,24,25);2*1H. The minimum absolute atomic E-state index is 0. The molecule has 0 aliphatic heterocycles. The highest BCUT2D eigenvalue weighted by Gasteiger charge is 2.49. The van der Waals surface area contributed by atoms with Crippen LogP contribution in [0.4, 0.5) is 11.5 Å². The van der Waals surface area contributed by atoms with Gasteiger partial charge in [0.25, 0.3) is 5.91 Å². The SMILES string of the molecule is Cl.Cl.NC1C2CCC(C2)C1C(=O)Nc1ccc(NC(=O)c2ccccc2)nc1. The number of benzene rings is 1. The highest BCUT2D eigenvalue weighted by atomic mass is 35.5. The Morgan fingerprint density at radius 2 is 1.68 bits per heavy atom. The third kappa shape index (κ3) is 4.46. The Morgan fingerprint density at radius 1 is 0.964 bits per heavy atom. The molecule has 1 heterocycles. The van der Waals surface area contributed by atoms with Gasteiger partial charge in [0.05, 0.1) is 17.8 Å². The number of anilines is 2. The predicted molar refractivity (Wildman–Crippen MR) is 114 cm³/mol. The topological polar surface area (TPSA) is 97.1 Å². The van der Waals surface area contributed by atoms with E-state index in [1.807, 2.05) is 6.07 Å². The number of nitrogens with two attached hydrogens (primary N) is 1. The van der Waals surface area contributed by atoms with Gasteiger partial charge in [-0.25, -0.2) is 4.98 Å². The fraction of sp³-hybridized carbons (Fsp3) is 0.350. The highest BCUT2D eigenvalue weighted by Crippen LogP contribution is 2.47. The minimum Gasteiger partial charge on any atom is -0.327 e. The van der Waals surface area contributed by atoms with Crippen molar-refractivity contribution >= 4 is 48.1 Å². The van der Waals surface area contributed by atoms with Gasteiger partial charge in [-0.05, 0) is 55.4 Å². The fourth-order valence-electron chi connectivity index (χ4n) is 4.27. The molecule has 4 rings (SSSR count). The average Bonchev–Trinajstić information content (AvgIpc) is 3.25. The molecular formula is C20H24Cl2N4O2. The lowest BCUT2D eigenvalue weighted by Crippen LogP contribution is -2.42. The monoisotopic (exact) mass is 422 g/mol. The number of fused-ring (bicyclic) bond motifs is 2. The lowest BCUT2D eigenvalue weighted by Gasteiger charge is -2.26. The first kappa shape index (κ1) is 22.1. The van der Waals surface area contributed by atoms with E-state index in [-0.39, 0.29) is 48.6 Å². The molecular weight excluding hydrogens is 399 g/mol. The predicted octanol–water partition coefficient (Wildman–Crippen LogP) is 3.49. The maximum atomic E-state index is 12.6. The second kappa shape index (κ2) is 9.37. The van der Waals surface area contributed by atoms with Crippen LogP contribution < -0.4 is 16.4 Å². The third-order valence-corrected chi connectivity index (χ3v) is 5.59. The number of nitrogens with zero attached hydrogens (tertiary/aromatic N) is 1. The molecule has 0 saturated heterocycles. The van der Waals surface area contributed by atoms with Gasteiger partial charge in [-0.3, -0.25) is 9.59 Å². The molecule has 2 fully saturated rings. The average molecular weight is 423 g/mol. The van der Waals surface area contributed by atoms with Crippen LogP contribution >= 0.6 is 24.8 Å². The molecule has 4 atom stereocenters. The highest BCUT2D eigenvalue weighted by molar-refractivity contribution is 6.03. The van der Waals surface area contributed by atoms with Crippen molar-refractivity contribution in [3.8, 4) is 0 Å². The largest absolute Gasteiger partial charge is 0.327 e. The van der Waals surface area contributed by atoms with Gasteiger partial charge in [-0.15, -0.1) is 24.8 Å². The number of carbonyl (C=O) groups excluding carboxylic acids is 2. The summed E-state index contributed by atoms with van der Waals surface area (Å²) in [6.07, 6.45) is 4.87. The van der Waals surface area contributed by atoms with Crippen LogP contribution in [0.1, 0.15) is 29.6 Å². The van der Waals surface area contributed by atoms with Gasteiger partial charge >= 0.3 is 0 Å². The summed E-state index contributed by atoms with van der Waals surface area (Å²) in [5.74, 6) is 0.993. The van der Waals surface area contributed by atoms with E-state index in [9.17, 15) is 9.59 Å². The van der Waals surface area contributed by atoms with Crippen LogP contribution in [0.2, 0.25) is 0 Å². The van der Waals surface area contributed by atoms with E-state index in [0.29, 0.717) is 28.9 Å². The molecule has 1 aromatic carbocycles. The number of nitrogens with one attached hydrogen (secondary N) is 2. The van der Waals surface area contributed by atoms with Crippen molar-refractivity contribution in [3.05, 3.63) is 54.2 Å². The molecule has 2 bridgehead atoms. The molecule has 2 aliphatic rings. The van der Waals surface area contributed by atoms with Crippen LogP contribution in [-0.4, -0.2) is 22.8 Å². The molecule has 2 aliphatic carbocycles. The van der Waals surface area contributed by atoms with Crippen LogP contribution in [0, 0.1) is 17.8 Å². The second-order valence-electron chi connectivity index (χ2n) is 7.18. The first-order valence-corrected chi connectivity index (χ1v) is 9.01. The van der Waals surface area contributed by atoms with Crippen molar-refractivity contribution in [3.63, 3.8) is 0 Å². The van der Waals surface area contributed by atoms with Gasteiger partial charge in [0.15, 0.2) is 0 Å². The molecule has 2 saturated carbocycles. The number of halogens is 2. The summed E-state index contributed by atoms with van der Waals surface area (Å²) in [4.78, 5) is 28.9. The summed E-state index contributed by atoms with van der Waals surface area (Å²) in [7, 11) is 0. The number of amides is 2. The number of pyridine rings is 1. The molecule has 2 amide bonds. The summed E-state index contributed by atoms with van der Waals surface area (Å²) < 4.78 is 0. The van der Waals surface area contributed by atoms with Crippen LogP contribution in [0.15, 0.2) is 48.7 Å². The smallest absolute Gasteiger partial charge is 0.256 e. The molecule has 0 radical (unpaired) electrons. The zero-order chi connectivity index (χ0) is 18.1. The van der Waals surface area contributed by atoms with E-state index in [0.717, 1.165) is 19.3 Å². The minimum atomic E-state index is -0.220. The molecule has 1 aromatic heterocycles. The molecule has 0 spiro atoms. The molecule has 28 heavy (non-hydrogen) atoms. The van der Waals surface area contributed by atoms with Crippen LogP contribution in [0.25, 0.3) is 0 Å². The Labute approximate surface area is 176 Å². The number of carbonyl (C=O) groups is 2. The maximum Gasteiger partial charge on any atom is 0.256 e. The summed E-state index contributed by atoms with van der Waals surface area (Å²) in [6.45, 7) is 0. The van der Waals surface area contributed by atoms with Gasteiger partial charge in [0.1, 0.15) is 5.82 Å². The molecule has 150 valence electrons. The number of hydrogen-bond donors (Lipinski definition) is 3. The summed E-state index contributed by atoms with van der Waals surface area (Å²) in [6, 6.07) is 12.3. The van der Waals surface area contributed by atoms with Crippen molar-refractivity contribution in [1.29, 1.82) is 0 Å². The first-order valence-electron chi connectivity index (χ1n) is 9.01. The van der Waals surface area contributed by atoms with E-state index < -0.39 is 0 Å². The number of aromatic nitrogens is 1. The zero-order valence-electron chi connectivity index (χ0n) is 15.2. The third-order valence-electron chi connectivity index (χ3n) is 5.59. The number of rotatable bonds is 4. The lowest BCUT2D eigenvalue weighted by molar-refractivity contribution is -0.121. The molecule has 6 nitrogen and oxygen atoms in total. The quantitative estimate of drug-likeness (QED) is 0.701. The Morgan fingerprint density at radius 3 is 2.29 bits per heavy atom. The Hall–Kier alpha value is -2.15. The van der Waals surface area contributed by atoms with Gasteiger partial charge in [0, 0.05) is 11.6 Å². The normalized spacial score (nSPS) is 24.6. The van der Waals surface area contributed by atoms with Crippen molar-refractivity contribution in [1.82, 2.24) is 4.98 Å². The molecule has 4 unspecified atom stereocenters. The van der Waals surface area contributed by atoms with Crippen molar-refractivity contribution in [2.75, 3.05) is 10.6 Å². The Kier molecular flexibility index (Phi) is 7.41. The fourth-order valence-corrected chi connectivity index (χ4v) is 4.27. The lowest BCUT2D eigenvalue weighted by atomic mass is 9.84. The van der Waals surface area contributed by atoms with Gasteiger partial charge in [0.2, 0.25) is 5.91 Å². The van der Waals surface area contributed by atoms with E-state index in [4.69, 9.17) is 5.73 Å². The van der Waals surface area contributed by atoms with Gasteiger partial charge in [-0.1, -0.05) is 18.2 Å². The van der Waals surface area contributed by atoms with Crippen molar-refractivity contribution < 1.29 is 9.59 Å².